The van der Waals surface area contributed by atoms with Crippen molar-refractivity contribution < 1.29 is 19.0 Å². The topological polar surface area (TPSA) is 60.0 Å². The summed E-state index contributed by atoms with van der Waals surface area (Å²) in [6, 6.07) is 3.50. The highest BCUT2D eigenvalue weighted by Crippen LogP contribution is 2.35. The molecule has 1 N–H and O–H groups in total. The minimum absolute atomic E-state index is 0.00145. The smallest absolute Gasteiger partial charge is 0.224 e. The lowest BCUT2D eigenvalue weighted by Crippen LogP contribution is -2.44. The average Bonchev–Trinajstić information content (AvgIpc) is 2.97. The number of amides is 1. The van der Waals surface area contributed by atoms with Crippen LogP contribution < -0.4 is 14.8 Å². The monoisotopic (exact) mass is 354 g/mol. The van der Waals surface area contributed by atoms with E-state index in [-0.39, 0.29) is 24.5 Å². The van der Waals surface area contributed by atoms with Gasteiger partial charge in [-0.05, 0) is 18.2 Å². The van der Waals surface area contributed by atoms with Crippen LogP contribution in [0.2, 0.25) is 5.02 Å². The van der Waals surface area contributed by atoms with Crippen LogP contribution in [0, 0.1) is 0 Å². The summed E-state index contributed by atoms with van der Waals surface area (Å²) in [6.07, 6.45) is 0.221. The molecule has 2 heterocycles. The van der Waals surface area contributed by atoms with Gasteiger partial charge in [0, 0.05) is 31.3 Å². The maximum Gasteiger partial charge on any atom is 0.224 e. The van der Waals surface area contributed by atoms with Gasteiger partial charge in [0.2, 0.25) is 5.91 Å². The van der Waals surface area contributed by atoms with Crippen LogP contribution in [0.25, 0.3) is 0 Å². The Labute approximate surface area is 147 Å². The highest BCUT2D eigenvalue weighted by molar-refractivity contribution is 6.31. The number of carbonyl (C=O) groups is 1. The Bertz CT molecular complexity index is 610. The van der Waals surface area contributed by atoms with Crippen molar-refractivity contribution in [3.8, 4) is 11.5 Å². The molecule has 7 heteroatoms. The molecule has 132 valence electrons. The van der Waals surface area contributed by atoms with Gasteiger partial charge in [-0.2, -0.15) is 0 Å². The molecule has 1 aromatic rings. The fraction of sp³-hybridized carbons (Fsp3) is 0.588. The summed E-state index contributed by atoms with van der Waals surface area (Å²) in [5, 5.41) is 3.58. The van der Waals surface area contributed by atoms with E-state index in [1.807, 2.05) is 0 Å². The van der Waals surface area contributed by atoms with Gasteiger partial charge in [-0.15, -0.1) is 0 Å². The van der Waals surface area contributed by atoms with Gasteiger partial charge in [-0.1, -0.05) is 18.5 Å². The molecule has 0 radical (unpaired) electrons. The summed E-state index contributed by atoms with van der Waals surface area (Å²) < 4.78 is 16.5. The summed E-state index contributed by atoms with van der Waals surface area (Å²) in [4.78, 5) is 14.7. The van der Waals surface area contributed by atoms with Gasteiger partial charge in [-0.25, -0.2) is 0 Å². The van der Waals surface area contributed by atoms with E-state index >= 15 is 0 Å². The third-order valence-corrected chi connectivity index (χ3v) is 4.85. The largest absolute Gasteiger partial charge is 0.486 e. The van der Waals surface area contributed by atoms with Crippen LogP contribution in [0.4, 0.5) is 0 Å². The number of hydrogen-bond donors (Lipinski definition) is 1. The lowest BCUT2D eigenvalue weighted by atomic mass is 10.1. The zero-order valence-electron chi connectivity index (χ0n) is 14.0. The summed E-state index contributed by atoms with van der Waals surface area (Å²) in [5.41, 5.74) is 0.734. The zero-order chi connectivity index (χ0) is 17.1. The maximum absolute atomic E-state index is 12.4. The maximum atomic E-state index is 12.4. The second-order valence-corrected chi connectivity index (χ2v) is 6.47. The number of nitrogens with zero attached hydrogens (tertiary/aromatic N) is 1. The molecule has 1 saturated heterocycles. The Balaban J connectivity index is 1.64. The molecule has 3 rings (SSSR count). The second-order valence-electron chi connectivity index (χ2n) is 6.06. The molecule has 0 aliphatic carbocycles. The predicted octanol–water partition coefficient (Wildman–Crippen LogP) is 1.49. The Morgan fingerprint density at radius 1 is 1.33 bits per heavy atom. The number of fused-ring (bicyclic) bond motifs is 1. The fourth-order valence-electron chi connectivity index (χ4n) is 3.16. The first-order valence-corrected chi connectivity index (χ1v) is 8.61. The summed E-state index contributed by atoms with van der Waals surface area (Å²) in [6.45, 7) is 5.70. The van der Waals surface area contributed by atoms with E-state index in [2.05, 4.69) is 17.1 Å². The van der Waals surface area contributed by atoms with E-state index in [1.54, 1.807) is 19.2 Å². The van der Waals surface area contributed by atoms with Crippen molar-refractivity contribution in [1.29, 1.82) is 0 Å². The number of nitrogens with one attached hydrogen (secondary N) is 1. The average molecular weight is 355 g/mol. The fourth-order valence-corrected chi connectivity index (χ4v) is 3.38. The number of carbonyl (C=O) groups excluding carboxylic acids is 1. The quantitative estimate of drug-likeness (QED) is 0.868. The van der Waals surface area contributed by atoms with E-state index in [4.69, 9.17) is 25.8 Å². The lowest BCUT2D eigenvalue weighted by molar-refractivity contribution is -0.121. The van der Waals surface area contributed by atoms with E-state index in [1.165, 1.54) is 0 Å². The summed E-state index contributed by atoms with van der Waals surface area (Å²) in [5.74, 6) is 1.20. The first kappa shape index (κ1) is 17.3. The van der Waals surface area contributed by atoms with Gasteiger partial charge in [0.1, 0.15) is 13.2 Å². The van der Waals surface area contributed by atoms with Gasteiger partial charge in [0.05, 0.1) is 18.6 Å². The Hall–Kier alpha value is -1.50. The van der Waals surface area contributed by atoms with Crippen LogP contribution in [-0.4, -0.2) is 62.9 Å². The highest BCUT2D eigenvalue weighted by atomic mass is 35.5. The third kappa shape index (κ3) is 3.77. The Kier molecular flexibility index (Phi) is 5.48. The molecule has 2 atom stereocenters. The molecule has 1 aromatic carbocycles. The van der Waals surface area contributed by atoms with Gasteiger partial charge < -0.3 is 19.5 Å². The van der Waals surface area contributed by atoms with E-state index < -0.39 is 0 Å². The molecular formula is C17H23ClN2O4. The van der Waals surface area contributed by atoms with Crippen molar-refractivity contribution in [1.82, 2.24) is 10.2 Å². The number of likely N-dealkylation sites (tertiary alicyclic amines) is 1. The van der Waals surface area contributed by atoms with Crippen molar-refractivity contribution in [3.63, 3.8) is 0 Å². The van der Waals surface area contributed by atoms with Crippen LogP contribution in [0.15, 0.2) is 12.1 Å². The van der Waals surface area contributed by atoms with Crippen LogP contribution in [0.1, 0.15) is 12.5 Å². The molecule has 6 nitrogen and oxygen atoms in total. The molecule has 0 bridgehead atoms. The first-order chi connectivity index (χ1) is 11.6. The molecule has 2 aliphatic rings. The number of halogens is 1. The van der Waals surface area contributed by atoms with Crippen LogP contribution in [-0.2, 0) is 16.0 Å². The number of hydrogen-bond acceptors (Lipinski definition) is 5. The van der Waals surface area contributed by atoms with E-state index in [9.17, 15) is 4.79 Å². The molecule has 2 aliphatic heterocycles. The SMILES string of the molecule is CCN1C[C@H](NC(=O)Cc2cc3c(cc2Cl)OCCO3)[C@@H](OC)C1. The van der Waals surface area contributed by atoms with Gasteiger partial charge in [0.25, 0.3) is 0 Å². The minimum atomic E-state index is -0.0708. The predicted molar refractivity (Wildman–Crippen MR) is 91.0 cm³/mol. The zero-order valence-corrected chi connectivity index (χ0v) is 14.8. The van der Waals surface area contributed by atoms with Crippen LogP contribution in [0.5, 0.6) is 11.5 Å². The molecule has 0 unspecified atom stereocenters. The normalized spacial score (nSPS) is 23.3. The minimum Gasteiger partial charge on any atom is -0.486 e. The standard InChI is InChI=1S/C17H23ClN2O4/c1-3-20-9-13(16(10-20)22-2)19-17(21)7-11-6-14-15(8-12(11)18)24-5-4-23-14/h6,8,13,16H,3-5,7,9-10H2,1-2H3,(H,19,21)/t13-,16-/m0/s1. The Morgan fingerprint density at radius 2 is 2.04 bits per heavy atom. The number of ether oxygens (including phenoxy) is 3. The highest BCUT2D eigenvalue weighted by Gasteiger charge is 2.33. The van der Waals surface area contributed by atoms with E-state index in [0.717, 1.165) is 25.2 Å². The number of methoxy groups -OCH3 is 1. The van der Waals surface area contributed by atoms with Gasteiger partial charge in [0.15, 0.2) is 11.5 Å². The third-order valence-electron chi connectivity index (χ3n) is 4.50. The number of likely N-dealkylation sites (N-methyl/N-ethyl adjacent to an activating group) is 1. The molecule has 24 heavy (non-hydrogen) atoms. The molecule has 0 saturated carbocycles. The molecule has 0 spiro atoms. The summed E-state index contributed by atoms with van der Waals surface area (Å²) in [7, 11) is 1.68. The van der Waals surface area contributed by atoms with Crippen LogP contribution >= 0.6 is 11.6 Å². The Morgan fingerprint density at radius 3 is 2.71 bits per heavy atom. The lowest BCUT2D eigenvalue weighted by Gasteiger charge is -2.21. The molecule has 1 amide bonds. The number of benzene rings is 1. The molecule has 0 aromatic heterocycles. The van der Waals surface area contributed by atoms with Crippen molar-refractivity contribution in [2.45, 2.75) is 25.5 Å². The van der Waals surface area contributed by atoms with Crippen molar-refractivity contribution in [2.24, 2.45) is 0 Å². The molecular weight excluding hydrogens is 332 g/mol. The van der Waals surface area contributed by atoms with Crippen molar-refractivity contribution in [2.75, 3.05) is 40.0 Å². The van der Waals surface area contributed by atoms with Gasteiger partial charge >= 0.3 is 0 Å². The second kappa shape index (κ2) is 7.59. The first-order valence-electron chi connectivity index (χ1n) is 8.23. The van der Waals surface area contributed by atoms with Crippen LogP contribution in [0.3, 0.4) is 0 Å². The van der Waals surface area contributed by atoms with Gasteiger partial charge in [-0.3, -0.25) is 9.69 Å². The van der Waals surface area contributed by atoms with Crippen molar-refractivity contribution >= 4 is 17.5 Å². The number of rotatable bonds is 5. The van der Waals surface area contributed by atoms with E-state index in [0.29, 0.717) is 29.7 Å². The summed E-state index contributed by atoms with van der Waals surface area (Å²) >= 11 is 6.28. The molecule has 1 fully saturated rings. The van der Waals surface area contributed by atoms with Crippen molar-refractivity contribution in [3.05, 3.63) is 22.7 Å².